The van der Waals surface area contributed by atoms with Gasteiger partial charge in [0.1, 0.15) is 6.20 Å². The molecule has 0 aromatic heterocycles. The van der Waals surface area contributed by atoms with E-state index in [0.717, 1.165) is 0 Å². The maximum Gasteiger partial charge on any atom is 0.233 e. The predicted octanol–water partition coefficient (Wildman–Crippen LogP) is 1.61. The van der Waals surface area contributed by atoms with Crippen molar-refractivity contribution in [2.24, 2.45) is 5.11 Å². The first-order chi connectivity index (χ1) is 6.33. The van der Waals surface area contributed by atoms with E-state index < -0.39 is 0 Å². The number of rotatable bonds is 2. The van der Waals surface area contributed by atoms with Gasteiger partial charge in [-0.1, -0.05) is 10.8 Å². The minimum atomic E-state index is -0.0575. The van der Waals surface area contributed by atoms with Crippen molar-refractivity contribution >= 4 is 17.4 Å². The van der Waals surface area contributed by atoms with E-state index in [4.69, 9.17) is 11.6 Å². The Labute approximate surface area is 80.7 Å². The van der Waals surface area contributed by atoms with Crippen LogP contribution in [0.5, 0.6) is 0 Å². The van der Waals surface area contributed by atoms with Gasteiger partial charge in [0.05, 0.1) is 11.5 Å². The molecule has 0 aromatic carbocycles. The lowest BCUT2D eigenvalue weighted by atomic mass is 10.0. The van der Waals surface area contributed by atoms with Gasteiger partial charge in [-0.15, -0.1) is 11.6 Å². The summed E-state index contributed by atoms with van der Waals surface area (Å²) in [6.07, 6.45) is 9.11. The molecule has 0 bridgehead atoms. The number of carbonyl (C=O) groups excluding carboxylic acids is 1. The molecule has 0 radical (unpaired) electrons. The molecular formula is C9H8ClN2O+. The van der Waals surface area contributed by atoms with Crippen LogP contribution in [0.15, 0.2) is 41.3 Å². The number of azo groups is 2. The zero-order valence-electron chi connectivity index (χ0n) is 6.85. The highest BCUT2D eigenvalue weighted by Crippen LogP contribution is 2.20. The lowest BCUT2D eigenvalue weighted by Crippen LogP contribution is -2.23. The predicted molar refractivity (Wildman–Crippen MR) is 48.6 cm³/mol. The summed E-state index contributed by atoms with van der Waals surface area (Å²) in [7, 11) is 0. The Morgan fingerprint density at radius 2 is 2.46 bits per heavy atom. The minimum Gasteiger partial charge on any atom is -0.293 e. The SMILES string of the molecule is O=C(CCl)C1=CN=[N+]2C=CC=CC12. The molecular weight excluding hydrogens is 188 g/mol. The van der Waals surface area contributed by atoms with Gasteiger partial charge in [-0.05, 0) is 11.2 Å². The normalized spacial score (nSPS) is 23.9. The molecule has 0 aliphatic carbocycles. The summed E-state index contributed by atoms with van der Waals surface area (Å²) in [4.78, 5) is 11.3. The molecule has 4 heteroatoms. The zero-order chi connectivity index (χ0) is 9.26. The molecule has 2 heterocycles. The van der Waals surface area contributed by atoms with Crippen LogP contribution in [-0.2, 0) is 4.79 Å². The molecule has 0 aromatic rings. The number of hydrogen-bond acceptors (Lipinski definition) is 2. The minimum absolute atomic E-state index is 0.0171. The van der Waals surface area contributed by atoms with Crippen LogP contribution in [0.1, 0.15) is 0 Å². The molecule has 0 fully saturated rings. The Hall–Kier alpha value is -1.22. The molecule has 2 aliphatic rings. The van der Waals surface area contributed by atoms with E-state index in [1.54, 1.807) is 10.9 Å². The maximum absolute atomic E-state index is 11.3. The Morgan fingerprint density at radius 3 is 3.23 bits per heavy atom. The lowest BCUT2D eigenvalue weighted by Gasteiger charge is -2.04. The van der Waals surface area contributed by atoms with E-state index in [1.807, 2.05) is 24.4 Å². The highest BCUT2D eigenvalue weighted by Gasteiger charge is 2.33. The summed E-state index contributed by atoms with van der Waals surface area (Å²) >= 11 is 5.47. The monoisotopic (exact) mass is 195 g/mol. The summed E-state index contributed by atoms with van der Waals surface area (Å²) in [6.45, 7) is 0. The smallest absolute Gasteiger partial charge is 0.233 e. The fourth-order valence-electron chi connectivity index (χ4n) is 1.36. The topological polar surface area (TPSA) is 32.4 Å². The molecule has 13 heavy (non-hydrogen) atoms. The van der Waals surface area contributed by atoms with Gasteiger partial charge in [0.2, 0.25) is 6.04 Å². The number of hydrogen-bond donors (Lipinski definition) is 0. The molecule has 0 saturated carbocycles. The number of halogens is 1. The molecule has 66 valence electrons. The van der Waals surface area contributed by atoms with E-state index in [1.165, 1.54) is 0 Å². The number of Topliss-reactive ketones (excluding diaryl/α,β-unsaturated/α-hetero) is 1. The van der Waals surface area contributed by atoms with Crippen LogP contribution in [0.25, 0.3) is 0 Å². The van der Waals surface area contributed by atoms with Gasteiger partial charge in [0.25, 0.3) is 0 Å². The maximum atomic E-state index is 11.3. The van der Waals surface area contributed by atoms with Crippen molar-refractivity contribution in [3.05, 3.63) is 36.2 Å². The number of ketones is 1. The number of allylic oxidation sites excluding steroid dienone is 2. The molecule has 0 N–H and O–H groups in total. The molecule has 0 amide bonds. The summed E-state index contributed by atoms with van der Waals surface area (Å²) in [5, 5.41) is 4.06. The molecule has 2 rings (SSSR count). The highest BCUT2D eigenvalue weighted by molar-refractivity contribution is 6.30. The van der Waals surface area contributed by atoms with Crippen LogP contribution in [0.3, 0.4) is 0 Å². The first-order valence-electron chi connectivity index (χ1n) is 3.96. The van der Waals surface area contributed by atoms with Crippen molar-refractivity contribution in [1.29, 1.82) is 0 Å². The van der Waals surface area contributed by atoms with Crippen molar-refractivity contribution in [3.8, 4) is 0 Å². The fourth-order valence-corrected chi connectivity index (χ4v) is 1.52. The van der Waals surface area contributed by atoms with E-state index in [9.17, 15) is 4.79 Å². The first kappa shape index (κ1) is 8.38. The van der Waals surface area contributed by atoms with Gasteiger partial charge in [-0.3, -0.25) is 4.79 Å². The van der Waals surface area contributed by atoms with Gasteiger partial charge in [0, 0.05) is 6.08 Å². The Bertz CT molecular complexity index is 366. The Balaban J connectivity index is 2.25. The van der Waals surface area contributed by atoms with Gasteiger partial charge in [-0.2, -0.15) is 0 Å². The average molecular weight is 196 g/mol. The van der Waals surface area contributed by atoms with Crippen LogP contribution in [0.4, 0.5) is 0 Å². The second kappa shape index (κ2) is 3.26. The first-order valence-corrected chi connectivity index (χ1v) is 4.49. The quantitative estimate of drug-likeness (QED) is 0.487. The van der Waals surface area contributed by atoms with E-state index >= 15 is 0 Å². The van der Waals surface area contributed by atoms with E-state index in [0.29, 0.717) is 5.57 Å². The number of carbonyl (C=O) groups is 1. The summed E-state index contributed by atoms with van der Waals surface area (Å²) < 4.78 is 1.74. The number of nitrogens with zero attached hydrogens (tertiary/aromatic N) is 2. The zero-order valence-corrected chi connectivity index (χ0v) is 7.61. The van der Waals surface area contributed by atoms with Crippen molar-refractivity contribution in [2.75, 3.05) is 5.88 Å². The van der Waals surface area contributed by atoms with Crippen LogP contribution in [0.2, 0.25) is 0 Å². The van der Waals surface area contributed by atoms with Crippen LogP contribution in [0, 0.1) is 0 Å². The molecule has 2 aliphatic heterocycles. The molecule has 0 spiro atoms. The standard InChI is InChI=1S/C9H8ClN2O/c10-5-9(13)7-6-11-12-4-2-1-3-8(7)12/h1-4,6,8H,5H2/q+1. The Kier molecular flexibility index (Phi) is 2.10. The number of alkyl halides is 1. The largest absolute Gasteiger partial charge is 0.293 e. The van der Waals surface area contributed by atoms with Crippen LogP contribution in [-0.4, -0.2) is 22.4 Å². The van der Waals surface area contributed by atoms with Crippen molar-refractivity contribution in [2.45, 2.75) is 6.04 Å². The van der Waals surface area contributed by atoms with Gasteiger partial charge < -0.3 is 0 Å². The van der Waals surface area contributed by atoms with Crippen molar-refractivity contribution < 1.29 is 9.49 Å². The third-order valence-electron chi connectivity index (χ3n) is 2.02. The van der Waals surface area contributed by atoms with Gasteiger partial charge in [-0.25, -0.2) is 0 Å². The summed E-state index contributed by atoms with van der Waals surface area (Å²) in [5.74, 6) is -0.0404. The van der Waals surface area contributed by atoms with Gasteiger partial charge >= 0.3 is 0 Å². The second-order valence-corrected chi connectivity index (χ2v) is 3.08. The lowest BCUT2D eigenvalue weighted by molar-refractivity contribution is -0.536. The van der Waals surface area contributed by atoms with Crippen molar-refractivity contribution in [3.63, 3.8) is 0 Å². The fraction of sp³-hybridized carbons (Fsp3) is 0.222. The summed E-state index contributed by atoms with van der Waals surface area (Å²) in [5.41, 5.74) is 0.663. The average Bonchev–Trinajstić information content (AvgIpc) is 2.60. The number of fused-ring (bicyclic) bond motifs is 1. The highest BCUT2D eigenvalue weighted by atomic mass is 35.5. The molecule has 3 nitrogen and oxygen atoms in total. The Morgan fingerprint density at radius 1 is 1.62 bits per heavy atom. The third kappa shape index (κ3) is 1.35. The van der Waals surface area contributed by atoms with Gasteiger partial charge in [0.15, 0.2) is 12.0 Å². The van der Waals surface area contributed by atoms with E-state index in [-0.39, 0.29) is 17.7 Å². The summed E-state index contributed by atoms with van der Waals surface area (Å²) in [6, 6.07) is -0.0451. The van der Waals surface area contributed by atoms with Crippen LogP contribution < -0.4 is 0 Å². The second-order valence-electron chi connectivity index (χ2n) is 2.81. The molecule has 1 atom stereocenters. The van der Waals surface area contributed by atoms with Crippen LogP contribution >= 0.6 is 11.6 Å². The molecule has 0 saturated heterocycles. The van der Waals surface area contributed by atoms with Crippen molar-refractivity contribution in [1.82, 2.24) is 0 Å². The molecule has 1 unspecified atom stereocenters. The van der Waals surface area contributed by atoms with E-state index in [2.05, 4.69) is 5.11 Å². The third-order valence-corrected chi connectivity index (χ3v) is 2.26.